The van der Waals surface area contributed by atoms with Crippen LogP contribution in [0.3, 0.4) is 0 Å². The number of anilines is 1. The molecule has 0 N–H and O–H groups in total. The Labute approximate surface area is 173 Å². The van der Waals surface area contributed by atoms with Gasteiger partial charge in [-0.1, -0.05) is 0 Å². The molecule has 0 saturated carbocycles. The van der Waals surface area contributed by atoms with Crippen molar-refractivity contribution < 1.29 is 18.7 Å². The zero-order chi connectivity index (χ0) is 21.4. The summed E-state index contributed by atoms with van der Waals surface area (Å²) in [6, 6.07) is 9.54. The minimum Gasteiger partial charge on any atom is -0.449 e. The van der Waals surface area contributed by atoms with Gasteiger partial charge in [-0.05, 0) is 57.0 Å². The molecule has 3 aromatic rings. The highest BCUT2D eigenvalue weighted by Crippen LogP contribution is 2.25. The highest BCUT2D eigenvalue weighted by atomic mass is 19.1. The van der Waals surface area contributed by atoms with Crippen LogP contribution >= 0.6 is 0 Å². The van der Waals surface area contributed by atoms with E-state index in [0.29, 0.717) is 30.0 Å². The Morgan fingerprint density at radius 3 is 2.60 bits per heavy atom. The third-order valence-electron chi connectivity index (χ3n) is 5.35. The van der Waals surface area contributed by atoms with E-state index in [2.05, 4.69) is 5.10 Å². The van der Waals surface area contributed by atoms with Crippen molar-refractivity contribution in [1.82, 2.24) is 14.3 Å². The van der Waals surface area contributed by atoms with E-state index in [9.17, 15) is 14.0 Å². The van der Waals surface area contributed by atoms with E-state index in [4.69, 9.17) is 4.74 Å². The maximum Gasteiger partial charge on any atom is 0.340 e. The highest BCUT2D eigenvalue weighted by molar-refractivity contribution is 5.99. The number of rotatable bonds is 4. The van der Waals surface area contributed by atoms with Crippen LogP contribution in [-0.4, -0.2) is 38.9 Å². The minimum absolute atomic E-state index is 0.263. The number of amides is 1. The van der Waals surface area contributed by atoms with Crippen LogP contribution in [0.2, 0.25) is 0 Å². The number of hydrogen-bond donors (Lipinski definition) is 0. The van der Waals surface area contributed by atoms with E-state index in [0.717, 1.165) is 17.8 Å². The van der Waals surface area contributed by atoms with Crippen molar-refractivity contribution in [1.29, 1.82) is 0 Å². The lowest BCUT2D eigenvalue weighted by molar-refractivity contribution is -0.129. The summed E-state index contributed by atoms with van der Waals surface area (Å²) in [7, 11) is 1.78. The van der Waals surface area contributed by atoms with Gasteiger partial charge in [0.25, 0.3) is 5.91 Å². The number of ether oxygens (including phenoxy) is 1. The second-order valence-electron chi connectivity index (χ2n) is 7.47. The standard InChI is InChI=1S/C22H23FN4O3/c1-14-13-18(15(2)27(14)17-8-6-16(23)7-9-17)22(29)30-19-5-4-11-26(21(19)28)20-10-12-25(3)24-20/h6-10,12-13,19H,4-5,11H2,1-3H3. The molecule has 0 spiro atoms. The predicted octanol–water partition coefficient (Wildman–Crippen LogP) is 3.32. The Balaban J connectivity index is 1.54. The maximum absolute atomic E-state index is 13.3. The van der Waals surface area contributed by atoms with Gasteiger partial charge in [-0.25, -0.2) is 9.18 Å². The van der Waals surface area contributed by atoms with Gasteiger partial charge in [0, 0.05) is 42.9 Å². The maximum atomic E-state index is 13.3. The molecule has 7 nitrogen and oxygen atoms in total. The van der Waals surface area contributed by atoms with Crippen molar-refractivity contribution in [3.05, 3.63) is 65.4 Å². The zero-order valence-corrected chi connectivity index (χ0v) is 17.1. The first-order chi connectivity index (χ1) is 14.3. The van der Waals surface area contributed by atoms with Crippen LogP contribution in [0.4, 0.5) is 10.2 Å². The lowest BCUT2D eigenvalue weighted by atomic mass is 10.1. The third kappa shape index (κ3) is 3.60. The first-order valence-electron chi connectivity index (χ1n) is 9.82. The molecule has 1 aliphatic rings. The molecular formula is C22H23FN4O3. The molecule has 30 heavy (non-hydrogen) atoms. The fraction of sp³-hybridized carbons (Fsp3) is 0.318. The molecule has 156 valence electrons. The molecule has 2 aromatic heterocycles. The Bertz CT molecular complexity index is 1100. The summed E-state index contributed by atoms with van der Waals surface area (Å²) in [6.07, 6.45) is 2.12. The SMILES string of the molecule is Cc1cc(C(=O)OC2CCCN(c3ccn(C)n3)C2=O)c(C)n1-c1ccc(F)cc1. The topological polar surface area (TPSA) is 69.4 Å². The molecule has 4 rings (SSSR count). The van der Waals surface area contributed by atoms with Crippen molar-refractivity contribution >= 4 is 17.7 Å². The Morgan fingerprint density at radius 2 is 1.93 bits per heavy atom. The zero-order valence-electron chi connectivity index (χ0n) is 17.1. The molecule has 1 saturated heterocycles. The molecule has 8 heteroatoms. The van der Waals surface area contributed by atoms with Crippen molar-refractivity contribution in [2.24, 2.45) is 7.05 Å². The van der Waals surface area contributed by atoms with Gasteiger partial charge in [0.05, 0.1) is 5.56 Å². The van der Waals surface area contributed by atoms with Gasteiger partial charge in [0.1, 0.15) is 5.82 Å². The van der Waals surface area contributed by atoms with Gasteiger partial charge in [0.15, 0.2) is 11.9 Å². The van der Waals surface area contributed by atoms with Crippen molar-refractivity contribution in [3.8, 4) is 5.69 Å². The molecule has 1 aromatic carbocycles. The average Bonchev–Trinajstić information content (AvgIpc) is 3.27. The highest BCUT2D eigenvalue weighted by Gasteiger charge is 2.34. The molecule has 1 unspecified atom stereocenters. The monoisotopic (exact) mass is 410 g/mol. The number of benzene rings is 1. The van der Waals surface area contributed by atoms with Gasteiger partial charge in [-0.3, -0.25) is 14.4 Å². The van der Waals surface area contributed by atoms with Gasteiger partial charge < -0.3 is 9.30 Å². The van der Waals surface area contributed by atoms with Crippen molar-refractivity contribution in [3.63, 3.8) is 0 Å². The van der Waals surface area contributed by atoms with Crippen LogP contribution < -0.4 is 4.90 Å². The summed E-state index contributed by atoms with van der Waals surface area (Å²) in [4.78, 5) is 27.3. The van der Waals surface area contributed by atoms with E-state index in [1.807, 2.05) is 11.5 Å². The van der Waals surface area contributed by atoms with E-state index in [1.165, 1.54) is 12.1 Å². The summed E-state index contributed by atoms with van der Waals surface area (Å²) in [5.74, 6) is -0.579. The molecule has 0 bridgehead atoms. The van der Waals surface area contributed by atoms with Crippen LogP contribution in [0, 0.1) is 19.7 Å². The fourth-order valence-corrected chi connectivity index (χ4v) is 3.88. The molecule has 0 radical (unpaired) electrons. The van der Waals surface area contributed by atoms with Crippen LogP contribution in [0.5, 0.6) is 0 Å². The number of carbonyl (C=O) groups excluding carboxylic acids is 2. The normalized spacial score (nSPS) is 16.7. The van der Waals surface area contributed by atoms with Crippen molar-refractivity contribution in [2.75, 3.05) is 11.4 Å². The molecule has 1 atom stereocenters. The first kappa shape index (κ1) is 19.9. The van der Waals surface area contributed by atoms with E-state index >= 15 is 0 Å². The number of halogens is 1. The number of aryl methyl sites for hydroxylation is 2. The Morgan fingerprint density at radius 1 is 1.20 bits per heavy atom. The summed E-state index contributed by atoms with van der Waals surface area (Å²) < 4.78 is 22.4. The van der Waals surface area contributed by atoms with Crippen molar-refractivity contribution in [2.45, 2.75) is 32.8 Å². The molecule has 1 aliphatic heterocycles. The number of aromatic nitrogens is 3. The molecule has 0 aliphatic carbocycles. The second-order valence-corrected chi connectivity index (χ2v) is 7.47. The third-order valence-corrected chi connectivity index (χ3v) is 5.35. The van der Waals surface area contributed by atoms with Gasteiger partial charge in [-0.15, -0.1) is 0 Å². The van der Waals surface area contributed by atoms with Crippen LogP contribution in [-0.2, 0) is 16.6 Å². The molecule has 3 heterocycles. The number of hydrogen-bond acceptors (Lipinski definition) is 4. The molecule has 1 amide bonds. The Kier molecular flexibility index (Phi) is 5.15. The van der Waals surface area contributed by atoms with Crippen LogP contribution in [0.25, 0.3) is 5.69 Å². The van der Waals surface area contributed by atoms with Gasteiger partial charge in [-0.2, -0.15) is 5.10 Å². The number of piperidine rings is 1. The smallest absolute Gasteiger partial charge is 0.340 e. The second kappa shape index (κ2) is 7.78. The van der Waals surface area contributed by atoms with E-state index in [-0.39, 0.29) is 11.7 Å². The lowest BCUT2D eigenvalue weighted by Crippen LogP contribution is -2.46. The first-order valence-corrected chi connectivity index (χ1v) is 9.82. The Hall–Kier alpha value is -3.42. The summed E-state index contributed by atoms with van der Waals surface area (Å²) >= 11 is 0. The number of esters is 1. The van der Waals surface area contributed by atoms with Gasteiger partial charge in [0.2, 0.25) is 0 Å². The van der Waals surface area contributed by atoms with Gasteiger partial charge >= 0.3 is 5.97 Å². The van der Waals surface area contributed by atoms with Crippen LogP contribution in [0.15, 0.2) is 42.6 Å². The summed E-state index contributed by atoms with van der Waals surface area (Å²) in [6.45, 7) is 4.21. The molecular weight excluding hydrogens is 387 g/mol. The van der Waals surface area contributed by atoms with E-state index in [1.54, 1.807) is 54.0 Å². The minimum atomic E-state index is -0.845. The molecule has 1 fully saturated rings. The average molecular weight is 410 g/mol. The lowest BCUT2D eigenvalue weighted by Gasteiger charge is -2.30. The number of carbonyl (C=O) groups is 2. The quantitative estimate of drug-likeness (QED) is 0.619. The summed E-state index contributed by atoms with van der Waals surface area (Å²) in [5, 5.41) is 4.28. The van der Waals surface area contributed by atoms with Crippen LogP contribution in [0.1, 0.15) is 34.6 Å². The predicted molar refractivity (Wildman–Crippen MR) is 109 cm³/mol. The largest absolute Gasteiger partial charge is 0.449 e. The summed E-state index contributed by atoms with van der Waals surface area (Å²) in [5.41, 5.74) is 2.63. The fourth-order valence-electron chi connectivity index (χ4n) is 3.88. The number of nitrogens with zero attached hydrogens (tertiary/aromatic N) is 4. The van der Waals surface area contributed by atoms with E-state index < -0.39 is 12.1 Å².